The molecule has 2 aromatic carbocycles. The minimum absolute atomic E-state index is 0.246. The van der Waals surface area contributed by atoms with Gasteiger partial charge in [-0.05, 0) is 57.4 Å². The number of aryl methyl sites for hydroxylation is 1. The van der Waals surface area contributed by atoms with Crippen molar-refractivity contribution >= 4 is 39.3 Å². The Morgan fingerprint density at radius 3 is 2.40 bits per heavy atom. The number of benzene rings is 2. The molecular weight excluding hydrogens is 552 g/mol. The number of oxazole rings is 1. The molecule has 0 aliphatic heterocycles. The van der Waals surface area contributed by atoms with Gasteiger partial charge >= 0.3 is 16.3 Å². The van der Waals surface area contributed by atoms with Crippen molar-refractivity contribution < 1.29 is 26.9 Å². The smallest absolute Gasteiger partial charge is 0.357 e. The highest BCUT2D eigenvalue weighted by molar-refractivity contribution is 7.87. The fourth-order valence-corrected chi connectivity index (χ4v) is 5.18. The first kappa shape index (κ1) is 29.2. The van der Waals surface area contributed by atoms with Crippen LogP contribution in [0.1, 0.15) is 60.3 Å². The van der Waals surface area contributed by atoms with Gasteiger partial charge in [0.25, 0.3) is 6.01 Å². The Kier molecular flexibility index (Phi) is 8.92. The lowest BCUT2D eigenvalue weighted by Crippen LogP contribution is -2.28. The highest BCUT2D eigenvalue weighted by Gasteiger charge is 2.28. The molecule has 0 bridgehead atoms. The molecule has 0 aliphatic rings. The van der Waals surface area contributed by atoms with Crippen LogP contribution in [0.15, 0.2) is 70.6 Å². The molecule has 2 atom stereocenters. The van der Waals surface area contributed by atoms with Gasteiger partial charge in [0.05, 0.1) is 34.5 Å². The van der Waals surface area contributed by atoms with Crippen LogP contribution in [0.4, 0.5) is 11.7 Å². The number of ether oxygens (including phenoxy) is 1. The van der Waals surface area contributed by atoms with Gasteiger partial charge in [0, 0.05) is 11.8 Å². The van der Waals surface area contributed by atoms with E-state index in [2.05, 4.69) is 15.3 Å². The van der Waals surface area contributed by atoms with Crippen molar-refractivity contribution in [3.63, 3.8) is 0 Å². The third kappa shape index (κ3) is 8.63. The first-order chi connectivity index (χ1) is 18.8. The summed E-state index contributed by atoms with van der Waals surface area (Å²) in [6, 6.07) is 16.1. The van der Waals surface area contributed by atoms with Gasteiger partial charge in [-0.15, -0.1) is 11.3 Å². The molecule has 2 unspecified atom stereocenters. The molecular formula is C28H32N4O6S2. The van der Waals surface area contributed by atoms with E-state index in [1.165, 1.54) is 11.3 Å². The van der Waals surface area contributed by atoms with Crippen LogP contribution in [0.3, 0.4) is 0 Å². The van der Waals surface area contributed by atoms with Crippen LogP contribution in [0.25, 0.3) is 0 Å². The maximum Gasteiger partial charge on any atom is 0.357 e. The Hall–Kier alpha value is -3.74. The number of nitrogens with one attached hydrogen (secondary N) is 2. The van der Waals surface area contributed by atoms with E-state index in [1.807, 2.05) is 68.1 Å². The highest BCUT2D eigenvalue weighted by Crippen LogP contribution is 2.29. The van der Waals surface area contributed by atoms with E-state index in [0.717, 1.165) is 21.8 Å². The summed E-state index contributed by atoms with van der Waals surface area (Å²) in [4.78, 5) is 22.1. The molecule has 212 valence electrons. The van der Waals surface area contributed by atoms with Gasteiger partial charge in [0.15, 0.2) is 0 Å². The molecule has 0 saturated carbocycles. The highest BCUT2D eigenvalue weighted by atomic mass is 32.2. The molecule has 4 rings (SSSR count). The number of hydrogen-bond acceptors (Lipinski definition) is 9. The van der Waals surface area contributed by atoms with Crippen molar-refractivity contribution in [3.05, 3.63) is 93.8 Å². The Balaban J connectivity index is 1.52. The van der Waals surface area contributed by atoms with Gasteiger partial charge in [0.2, 0.25) is 0 Å². The molecule has 0 fully saturated rings. The topological polar surface area (TPSA) is 144 Å². The predicted octanol–water partition coefficient (Wildman–Crippen LogP) is 5.72. The quantitative estimate of drug-likeness (QED) is 0.149. The van der Waals surface area contributed by atoms with Crippen LogP contribution in [0, 0.1) is 6.92 Å². The maximum absolute atomic E-state index is 13.1. The van der Waals surface area contributed by atoms with Crippen molar-refractivity contribution in [2.24, 2.45) is 0 Å². The summed E-state index contributed by atoms with van der Waals surface area (Å²) in [5, 5.41) is 6.17. The number of aromatic nitrogens is 2. The number of carbonyl (C=O) groups is 1. The Morgan fingerprint density at radius 1 is 1.10 bits per heavy atom. The number of esters is 1. The number of nitrogens with zero attached hydrogens (tertiary/aromatic N) is 2. The van der Waals surface area contributed by atoms with Gasteiger partial charge in [-0.25, -0.2) is 9.97 Å². The zero-order valence-electron chi connectivity index (χ0n) is 22.6. The molecule has 0 amide bonds. The molecule has 2 aromatic heterocycles. The van der Waals surface area contributed by atoms with Crippen molar-refractivity contribution in [1.29, 1.82) is 0 Å². The summed E-state index contributed by atoms with van der Waals surface area (Å²) >= 11 is 1.52. The van der Waals surface area contributed by atoms with Crippen LogP contribution >= 0.6 is 11.3 Å². The van der Waals surface area contributed by atoms with Crippen LogP contribution < -0.4 is 10.0 Å². The van der Waals surface area contributed by atoms with Crippen molar-refractivity contribution in [2.75, 3.05) is 10.0 Å². The van der Waals surface area contributed by atoms with E-state index in [0.29, 0.717) is 12.2 Å². The van der Waals surface area contributed by atoms with E-state index in [-0.39, 0.29) is 30.1 Å². The van der Waals surface area contributed by atoms with Crippen LogP contribution in [0.5, 0.6) is 0 Å². The molecule has 3 N–H and O–H groups in total. The van der Waals surface area contributed by atoms with Gasteiger partial charge in [-0.3, -0.25) is 14.1 Å². The zero-order valence-corrected chi connectivity index (χ0v) is 24.3. The van der Waals surface area contributed by atoms with E-state index in [4.69, 9.17) is 13.7 Å². The Bertz CT molecular complexity index is 1530. The van der Waals surface area contributed by atoms with Gasteiger partial charge in [-0.1, -0.05) is 42.5 Å². The monoisotopic (exact) mass is 584 g/mol. The second-order valence-electron chi connectivity index (χ2n) is 10.3. The summed E-state index contributed by atoms with van der Waals surface area (Å²) in [7, 11) is -4.35. The lowest BCUT2D eigenvalue weighted by molar-refractivity contribution is -0.156. The van der Waals surface area contributed by atoms with Gasteiger partial charge in [0.1, 0.15) is 11.4 Å². The molecule has 10 nitrogen and oxygen atoms in total. The summed E-state index contributed by atoms with van der Waals surface area (Å²) in [5.74, 6) is -0.378. The van der Waals surface area contributed by atoms with Crippen LogP contribution in [0.2, 0.25) is 0 Å². The minimum Gasteiger partial charge on any atom is -0.459 e. The number of thiazole rings is 1. The molecule has 4 aromatic rings. The Morgan fingerprint density at radius 2 is 1.80 bits per heavy atom. The van der Waals surface area contributed by atoms with E-state index in [9.17, 15) is 13.2 Å². The fraction of sp³-hybridized carbons (Fsp3) is 0.321. The van der Waals surface area contributed by atoms with Crippen LogP contribution in [-0.4, -0.2) is 34.5 Å². The predicted molar refractivity (Wildman–Crippen MR) is 154 cm³/mol. The maximum atomic E-state index is 13.1. The number of rotatable bonds is 11. The molecule has 12 heteroatoms. The Labute approximate surface area is 237 Å². The lowest BCUT2D eigenvalue weighted by atomic mass is 9.94. The molecule has 0 radical (unpaired) electrons. The normalized spacial score (nSPS) is 13.4. The third-order valence-electron chi connectivity index (χ3n) is 5.78. The van der Waals surface area contributed by atoms with Crippen LogP contribution in [-0.2, 0) is 32.7 Å². The van der Waals surface area contributed by atoms with E-state index >= 15 is 0 Å². The average molecular weight is 585 g/mol. The second kappa shape index (κ2) is 12.2. The first-order valence-electron chi connectivity index (χ1n) is 12.6. The summed E-state index contributed by atoms with van der Waals surface area (Å²) in [6.45, 7) is 7.43. The molecule has 0 saturated heterocycles. The second-order valence-corrected chi connectivity index (χ2v) is 12.5. The van der Waals surface area contributed by atoms with Gasteiger partial charge in [-0.2, -0.15) is 8.42 Å². The van der Waals surface area contributed by atoms with E-state index < -0.39 is 21.8 Å². The fourth-order valence-electron chi connectivity index (χ4n) is 4.08. The number of carbonyl (C=O) groups excluding carboxylic acids is 1. The first-order valence-corrected chi connectivity index (χ1v) is 14.9. The number of hydrogen-bond donors (Lipinski definition) is 3. The van der Waals surface area contributed by atoms with Crippen molar-refractivity contribution in [2.45, 2.75) is 58.1 Å². The zero-order chi connectivity index (χ0) is 28.9. The summed E-state index contributed by atoms with van der Waals surface area (Å²) in [5.41, 5.74) is 2.14. The van der Waals surface area contributed by atoms with Gasteiger partial charge < -0.3 is 14.5 Å². The largest absolute Gasteiger partial charge is 0.459 e. The summed E-state index contributed by atoms with van der Waals surface area (Å²) < 4.78 is 44.9. The molecule has 2 heterocycles. The minimum atomic E-state index is -4.35. The SMILES string of the molecule is Cc1nc(C(Cc2ccc(NS(=O)(=O)O)cc2)Nc2ncc(CC(C(=O)OC(C)(C)C)c3ccccc3)o2)cs1. The van der Waals surface area contributed by atoms with Crippen molar-refractivity contribution in [1.82, 2.24) is 9.97 Å². The summed E-state index contributed by atoms with van der Waals surface area (Å²) in [6.07, 6.45) is 2.37. The average Bonchev–Trinajstić information content (AvgIpc) is 3.50. The molecule has 0 aliphatic carbocycles. The van der Waals surface area contributed by atoms with Crippen molar-refractivity contribution in [3.8, 4) is 0 Å². The standard InChI is InChI=1S/C28H32N4O6S2/c1-18-30-25(17-39-18)24(14-19-10-12-21(13-11-19)32-40(34,35)36)31-27-29-16-22(37-27)15-23(20-8-6-5-7-9-20)26(33)38-28(2,3)4/h5-13,16-17,23-24,32H,14-15H2,1-4H3,(H,29,31)(H,34,35,36). The third-order valence-corrected chi connectivity index (χ3v) is 7.07. The molecule has 40 heavy (non-hydrogen) atoms. The van der Waals surface area contributed by atoms with E-state index in [1.54, 1.807) is 30.5 Å². The lowest BCUT2D eigenvalue weighted by Gasteiger charge is -2.23. The molecule has 0 spiro atoms. The number of anilines is 2.